The lowest BCUT2D eigenvalue weighted by molar-refractivity contribution is -0.117. The van der Waals surface area contributed by atoms with Gasteiger partial charge in [-0.3, -0.25) is 9.59 Å². The third-order valence-electron chi connectivity index (χ3n) is 4.33. The number of hydrogen-bond acceptors (Lipinski definition) is 4. The quantitative estimate of drug-likeness (QED) is 0.527. The molecule has 2 heterocycles. The Balaban J connectivity index is 1.76. The lowest BCUT2D eigenvalue weighted by atomic mass is 10.1. The highest BCUT2D eigenvalue weighted by molar-refractivity contribution is 7.08. The number of fused-ring (bicyclic) bond motifs is 1. The molecule has 0 saturated carbocycles. The molecule has 0 fully saturated rings. The van der Waals surface area contributed by atoms with E-state index in [1.54, 1.807) is 11.3 Å². The number of H-pyrrole nitrogens is 1. The normalized spacial score (nSPS) is 12.5. The van der Waals surface area contributed by atoms with Gasteiger partial charge in [-0.15, -0.1) is 0 Å². The SMILES string of the molecule is Cc1[nH]c2ccccc2c1C(=O)C(=O)NCC(c1ccsc1)N(C)C. The second-order valence-corrected chi connectivity index (χ2v) is 7.03. The van der Waals surface area contributed by atoms with Crippen molar-refractivity contribution in [1.29, 1.82) is 0 Å². The van der Waals surface area contributed by atoms with Crippen LogP contribution in [-0.2, 0) is 4.79 Å². The van der Waals surface area contributed by atoms with E-state index in [0.29, 0.717) is 17.8 Å². The number of thiophene rings is 1. The molecule has 1 atom stereocenters. The molecule has 0 spiro atoms. The van der Waals surface area contributed by atoms with E-state index in [9.17, 15) is 9.59 Å². The van der Waals surface area contributed by atoms with Crippen molar-refractivity contribution >= 4 is 33.9 Å². The smallest absolute Gasteiger partial charge is 0.292 e. The fraction of sp³-hybridized carbons (Fsp3) is 0.263. The lowest BCUT2D eigenvalue weighted by Crippen LogP contribution is -2.38. The average molecular weight is 355 g/mol. The maximum atomic E-state index is 12.7. The summed E-state index contributed by atoms with van der Waals surface area (Å²) in [4.78, 5) is 30.3. The van der Waals surface area contributed by atoms with Crippen LogP contribution in [0.1, 0.15) is 27.7 Å². The summed E-state index contributed by atoms with van der Waals surface area (Å²) in [5.41, 5.74) is 3.15. The molecule has 2 N–H and O–H groups in total. The van der Waals surface area contributed by atoms with Crippen molar-refractivity contribution in [3.63, 3.8) is 0 Å². The van der Waals surface area contributed by atoms with Crippen LogP contribution in [0.15, 0.2) is 41.1 Å². The molecule has 0 aliphatic carbocycles. The van der Waals surface area contributed by atoms with Crippen LogP contribution in [0.2, 0.25) is 0 Å². The zero-order valence-corrected chi connectivity index (χ0v) is 15.3. The Labute approximate surface area is 150 Å². The van der Waals surface area contributed by atoms with E-state index in [-0.39, 0.29) is 6.04 Å². The minimum atomic E-state index is -0.574. The van der Waals surface area contributed by atoms with Crippen molar-refractivity contribution in [2.24, 2.45) is 0 Å². The van der Waals surface area contributed by atoms with E-state index >= 15 is 0 Å². The largest absolute Gasteiger partial charge is 0.358 e. The molecular formula is C19H21N3O2S. The highest BCUT2D eigenvalue weighted by Gasteiger charge is 2.24. The molecule has 0 radical (unpaired) electrons. The van der Waals surface area contributed by atoms with Crippen molar-refractivity contribution in [1.82, 2.24) is 15.2 Å². The van der Waals surface area contributed by atoms with Crippen molar-refractivity contribution in [3.05, 3.63) is 57.9 Å². The first kappa shape index (κ1) is 17.4. The summed E-state index contributed by atoms with van der Waals surface area (Å²) in [6.07, 6.45) is 0. The summed E-state index contributed by atoms with van der Waals surface area (Å²) in [6.45, 7) is 2.20. The molecule has 130 valence electrons. The average Bonchev–Trinajstić information content (AvgIpc) is 3.20. The van der Waals surface area contributed by atoms with Gasteiger partial charge >= 0.3 is 0 Å². The fourth-order valence-electron chi connectivity index (χ4n) is 3.02. The highest BCUT2D eigenvalue weighted by Crippen LogP contribution is 2.23. The second kappa shape index (κ2) is 7.21. The number of aromatic nitrogens is 1. The van der Waals surface area contributed by atoms with Gasteiger partial charge in [0, 0.05) is 23.1 Å². The topological polar surface area (TPSA) is 65.2 Å². The Bertz CT molecular complexity index is 897. The van der Waals surface area contributed by atoms with Gasteiger partial charge in [0.2, 0.25) is 0 Å². The first-order valence-electron chi connectivity index (χ1n) is 8.07. The number of hydrogen-bond donors (Lipinski definition) is 2. The molecule has 0 aliphatic heterocycles. The molecule has 1 aromatic carbocycles. The summed E-state index contributed by atoms with van der Waals surface area (Å²) in [5.74, 6) is -1.08. The number of aromatic amines is 1. The predicted molar refractivity (Wildman–Crippen MR) is 101 cm³/mol. The van der Waals surface area contributed by atoms with Crippen LogP contribution in [0, 0.1) is 6.92 Å². The molecule has 1 amide bonds. The molecule has 1 unspecified atom stereocenters. The van der Waals surface area contributed by atoms with Crippen molar-refractivity contribution in [3.8, 4) is 0 Å². The molecule has 3 aromatic rings. The third kappa shape index (κ3) is 3.50. The Morgan fingerprint density at radius 1 is 1.24 bits per heavy atom. The Kier molecular flexibility index (Phi) is 5.01. The van der Waals surface area contributed by atoms with Crippen LogP contribution in [-0.4, -0.2) is 42.2 Å². The third-order valence-corrected chi connectivity index (χ3v) is 5.04. The summed E-state index contributed by atoms with van der Waals surface area (Å²) < 4.78 is 0. The highest BCUT2D eigenvalue weighted by atomic mass is 32.1. The number of likely N-dealkylation sites (N-methyl/N-ethyl adjacent to an activating group) is 1. The Morgan fingerprint density at radius 2 is 2.00 bits per heavy atom. The minimum absolute atomic E-state index is 0.0343. The number of amides is 1. The standard InChI is InChI=1S/C19H21N3O2S/c1-12-17(14-6-4-5-7-15(14)21-12)18(23)19(24)20-10-16(22(2)3)13-8-9-25-11-13/h4-9,11,16,21H,10H2,1-3H3,(H,20,24). The van der Waals surface area contributed by atoms with Gasteiger partial charge in [0.25, 0.3) is 11.7 Å². The van der Waals surface area contributed by atoms with Gasteiger partial charge in [0.15, 0.2) is 0 Å². The van der Waals surface area contributed by atoms with Gasteiger partial charge in [0.05, 0.1) is 11.6 Å². The van der Waals surface area contributed by atoms with Crippen LogP contribution >= 0.6 is 11.3 Å². The lowest BCUT2D eigenvalue weighted by Gasteiger charge is -2.23. The summed E-state index contributed by atoms with van der Waals surface area (Å²) in [5, 5.41) is 7.64. The van der Waals surface area contributed by atoms with Crippen molar-refractivity contribution in [2.75, 3.05) is 20.6 Å². The van der Waals surface area contributed by atoms with E-state index < -0.39 is 11.7 Å². The molecule has 25 heavy (non-hydrogen) atoms. The van der Waals surface area contributed by atoms with Crippen LogP contribution in [0.3, 0.4) is 0 Å². The molecule has 0 bridgehead atoms. The number of benzene rings is 1. The van der Waals surface area contributed by atoms with Gasteiger partial charge in [-0.05, 0) is 49.5 Å². The number of nitrogens with zero attached hydrogens (tertiary/aromatic N) is 1. The number of Topliss-reactive ketones (excluding diaryl/α,β-unsaturated/α-hetero) is 1. The monoisotopic (exact) mass is 355 g/mol. The summed E-state index contributed by atoms with van der Waals surface area (Å²) in [7, 11) is 3.92. The van der Waals surface area contributed by atoms with Gasteiger partial charge in [-0.25, -0.2) is 0 Å². The molecule has 0 aliphatic rings. The zero-order chi connectivity index (χ0) is 18.0. The first-order chi connectivity index (χ1) is 12.0. The van der Waals surface area contributed by atoms with Crippen LogP contribution in [0.4, 0.5) is 0 Å². The van der Waals surface area contributed by atoms with Crippen LogP contribution < -0.4 is 5.32 Å². The number of para-hydroxylation sites is 1. The van der Waals surface area contributed by atoms with E-state index in [0.717, 1.165) is 16.5 Å². The summed E-state index contributed by atoms with van der Waals surface area (Å²) in [6, 6.07) is 9.58. The molecule has 0 saturated heterocycles. The number of ketones is 1. The first-order valence-corrected chi connectivity index (χ1v) is 9.01. The molecule has 5 nitrogen and oxygen atoms in total. The number of carbonyl (C=O) groups is 2. The van der Waals surface area contributed by atoms with Gasteiger partial charge in [0.1, 0.15) is 0 Å². The number of aryl methyl sites for hydroxylation is 1. The van der Waals surface area contributed by atoms with Crippen LogP contribution in [0.5, 0.6) is 0 Å². The van der Waals surface area contributed by atoms with E-state index in [4.69, 9.17) is 0 Å². The molecule has 2 aromatic heterocycles. The molecular weight excluding hydrogens is 334 g/mol. The summed E-state index contributed by atoms with van der Waals surface area (Å²) >= 11 is 1.62. The fourth-order valence-corrected chi connectivity index (χ4v) is 3.72. The van der Waals surface area contributed by atoms with E-state index in [2.05, 4.69) is 15.7 Å². The maximum Gasteiger partial charge on any atom is 0.292 e. The minimum Gasteiger partial charge on any atom is -0.358 e. The molecule has 3 rings (SSSR count). The number of rotatable bonds is 6. The second-order valence-electron chi connectivity index (χ2n) is 6.25. The van der Waals surface area contributed by atoms with Crippen molar-refractivity contribution in [2.45, 2.75) is 13.0 Å². The Morgan fingerprint density at radius 3 is 2.68 bits per heavy atom. The van der Waals surface area contributed by atoms with E-state index in [1.165, 1.54) is 0 Å². The molecule has 6 heteroatoms. The predicted octanol–water partition coefficient (Wildman–Crippen LogP) is 3.14. The van der Waals surface area contributed by atoms with Gasteiger partial charge in [-0.2, -0.15) is 11.3 Å². The number of nitrogens with one attached hydrogen (secondary N) is 2. The Hall–Kier alpha value is -2.44. The van der Waals surface area contributed by atoms with Gasteiger partial charge in [-0.1, -0.05) is 18.2 Å². The zero-order valence-electron chi connectivity index (χ0n) is 14.5. The van der Waals surface area contributed by atoms with E-state index in [1.807, 2.05) is 61.6 Å². The van der Waals surface area contributed by atoms with Gasteiger partial charge < -0.3 is 15.2 Å². The maximum absolute atomic E-state index is 12.7. The number of carbonyl (C=O) groups excluding carboxylic acids is 2. The van der Waals surface area contributed by atoms with Crippen molar-refractivity contribution < 1.29 is 9.59 Å². The van der Waals surface area contributed by atoms with Crippen LogP contribution in [0.25, 0.3) is 10.9 Å².